The lowest BCUT2D eigenvalue weighted by Gasteiger charge is -2.37. The van der Waals surface area contributed by atoms with Crippen LogP contribution in [-0.4, -0.2) is 24.3 Å². The van der Waals surface area contributed by atoms with Crippen LogP contribution in [0.4, 0.5) is 0 Å². The first-order valence-electron chi connectivity index (χ1n) is 6.71. The lowest BCUT2D eigenvalue weighted by molar-refractivity contribution is 0.267. The molecule has 2 nitrogen and oxygen atoms in total. The van der Waals surface area contributed by atoms with E-state index in [0.717, 1.165) is 25.3 Å². The molecule has 0 atom stereocenters. The highest BCUT2D eigenvalue weighted by atomic mass is 16.2. The number of aliphatic hydroxyl groups is 1. The Kier molecular flexibility index (Phi) is 4.57. The van der Waals surface area contributed by atoms with Crippen molar-refractivity contribution in [3.63, 3.8) is 0 Å². The molecule has 0 bridgehead atoms. The molecule has 1 aliphatic carbocycles. The first kappa shape index (κ1) is 12.6. The van der Waals surface area contributed by atoms with Crippen LogP contribution in [0.15, 0.2) is 24.3 Å². The van der Waals surface area contributed by atoms with E-state index in [1.165, 1.54) is 24.0 Å². The van der Waals surface area contributed by atoms with Crippen LogP contribution in [0.2, 0.25) is 0 Å². The summed E-state index contributed by atoms with van der Waals surface area (Å²) in [5.41, 5.74) is 2.96. The number of aliphatic hydroxyl groups excluding tert-OH is 1. The monoisotopic (exact) mass is 233 g/mol. The van der Waals surface area contributed by atoms with Crippen LogP contribution >= 0.6 is 0 Å². The number of nitrogens with one attached hydrogen (secondary N) is 1. The Hall–Kier alpha value is -0.860. The summed E-state index contributed by atoms with van der Waals surface area (Å²) in [7, 11) is 0. The number of benzene rings is 1. The van der Waals surface area contributed by atoms with Gasteiger partial charge in [-0.25, -0.2) is 0 Å². The molecule has 2 rings (SSSR count). The smallest absolute Gasteiger partial charge is 0.0431 e. The van der Waals surface area contributed by atoms with Gasteiger partial charge in [0.05, 0.1) is 0 Å². The van der Waals surface area contributed by atoms with Crippen LogP contribution in [0.5, 0.6) is 0 Å². The molecule has 1 aliphatic rings. The lowest BCUT2D eigenvalue weighted by atomic mass is 9.74. The predicted molar refractivity (Wildman–Crippen MR) is 71.3 cm³/mol. The largest absolute Gasteiger partial charge is 0.396 e. The van der Waals surface area contributed by atoms with Crippen molar-refractivity contribution < 1.29 is 5.11 Å². The van der Waals surface area contributed by atoms with Crippen LogP contribution in [0.3, 0.4) is 0 Å². The summed E-state index contributed by atoms with van der Waals surface area (Å²) in [6, 6.07) is 9.42. The molecule has 1 saturated carbocycles. The number of rotatable bonds is 6. The SMILES string of the molecule is Cc1ccccc1C1CC(NCCCCO)C1. The van der Waals surface area contributed by atoms with Crippen molar-refractivity contribution in [2.75, 3.05) is 13.2 Å². The van der Waals surface area contributed by atoms with E-state index in [9.17, 15) is 0 Å². The molecular formula is C15H23NO. The maximum Gasteiger partial charge on any atom is 0.0431 e. The Morgan fingerprint density at radius 1 is 1.24 bits per heavy atom. The van der Waals surface area contributed by atoms with Gasteiger partial charge in [-0.1, -0.05) is 24.3 Å². The highest BCUT2D eigenvalue weighted by molar-refractivity contribution is 5.31. The third-order valence-corrected chi connectivity index (χ3v) is 3.78. The molecule has 0 saturated heterocycles. The van der Waals surface area contributed by atoms with Crippen LogP contribution in [0.1, 0.15) is 42.7 Å². The van der Waals surface area contributed by atoms with E-state index < -0.39 is 0 Å². The quantitative estimate of drug-likeness (QED) is 0.740. The minimum absolute atomic E-state index is 0.318. The summed E-state index contributed by atoms with van der Waals surface area (Å²) < 4.78 is 0. The Labute approximate surface area is 104 Å². The minimum Gasteiger partial charge on any atom is -0.396 e. The Balaban J connectivity index is 1.70. The second-order valence-electron chi connectivity index (χ2n) is 5.11. The van der Waals surface area contributed by atoms with Gasteiger partial charge >= 0.3 is 0 Å². The summed E-state index contributed by atoms with van der Waals surface area (Å²) in [4.78, 5) is 0. The van der Waals surface area contributed by atoms with Crippen molar-refractivity contribution in [3.05, 3.63) is 35.4 Å². The molecule has 0 unspecified atom stereocenters. The van der Waals surface area contributed by atoms with Gasteiger partial charge in [0.2, 0.25) is 0 Å². The Morgan fingerprint density at radius 3 is 2.71 bits per heavy atom. The number of hydrogen-bond acceptors (Lipinski definition) is 2. The molecule has 0 spiro atoms. The molecule has 0 aromatic heterocycles. The molecule has 0 amide bonds. The first-order valence-corrected chi connectivity index (χ1v) is 6.71. The van der Waals surface area contributed by atoms with E-state index >= 15 is 0 Å². The van der Waals surface area contributed by atoms with Crippen LogP contribution < -0.4 is 5.32 Å². The molecule has 2 N–H and O–H groups in total. The van der Waals surface area contributed by atoms with Gasteiger partial charge in [-0.2, -0.15) is 0 Å². The van der Waals surface area contributed by atoms with Crippen molar-refractivity contribution in [2.45, 2.75) is 44.6 Å². The van der Waals surface area contributed by atoms with E-state index in [1.807, 2.05) is 0 Å². The van der Waals surface area contributed by atoms with Gasteiger partial charge in [-0.05, 0) is 56.2 Å². The van der Waals surface area contributed by atoms with E-state index in [4.69, 9.17) is 5.11 Å². The molecule has 0 heterocycles. The second-order valence-corrected chi connectivity index (χ2v) is 5.11. The number of unbranched alkanes of at least 4 members (excludes halogenated alkanes) is 1. The van der Waals surface area contributed by atoms with Gasteiger partial charge in [0.1, 0.15) is 0 Å². The molecular weight excluding hydrogens is 210 g/mol. The summed E-state index contributed by atoms with van der Waals surface area (Å²) in [5.74, 6) is 0.756. The predicted octanol–water partition coefficient (Wildman–Crippen LogP) is 2.60. The highest BCUT2D eigenvalue weighted by Gasteiger charge is 2.30. The minimum atomic E-state index is 0.318. The zero-order valence-corrected chi connectivity index (χ0v) is 10.7. The molecule has 0 radical (unpaired) electrons. The van der Waals surface area contributed by atoms with Gasteiger partial charge in [0.15, 0.2) is 0 Å². The van der Waals surface area contributed by atoms with E-state index in [-0.39, 0.29) is 0 Å². The number of hydrogen-bond donors (Lipinski definition) is 2. The van der Waals surface area contributed by atoms with E-state index in [1.54, 1.807) is 0 Å². The number of aryl methyl sites for hydroxylation is 1. The second kappa shape index (κ2) is 6.18. The molecule has 17 heavy (non-hydrogen) atoms. The fourth-order valence-electron chi connectivity index (χ4n) is 2.63. The van der Waals surface area contributed by atoms with Crippen molar-refractivity contribution in [3.8, 4) is 0 Å². The summed E-state index contributed by atoms with van der Waals surface area (Å²) in [6.07, 6.45) is 4.54. The van der Waals surface area contributed by atoms with Gasteiger partial charge in [-0.15, -0.1) is 0 Å². The summed E-state index contributed by atoms with van der Waals surface area (Å²) in [5, 5.41) is 12.3. The first-order chi connectivity index (χ1) is 8.31. The van der Waals surface area contributed by atoms with Crippen LogP contribution in [0.25, 0.3) is 0 Å². The molecule has 1 aromatic carbocycles. The zero-order chi connectivity index (χ0) is 12.1. The van der Waals surface area contributed by atoms with Crippen molar-refractivity contribution >= 4 is 0 Å². The fourth-order valence-corrected chi connectivity index (χ4v) is 2.63. The van der Waals surface area contributed by atoms with E-state index in [0.29, 0.717) is 12.6 Å². The third kappa shape index (κ3) is 3.30. The zero-order valence-electron chi connectivity index (χ0n) is 10.7. The van der Waals surface area contributed by atoms with E-state index in [2.05, 4.69) is 36.5 Å². The van der Waals surface area contributed by atoms with Gasteiger partial charge < -0.3 is 10.4 Å². The maximum absolute atomic E-state index is 8.70. The fraction of sp³-hybridized carbons (Fsp3) is 0.600. The molecule has 2 heteroatoms. The van der Waals surface area contributed by atoms with Crippen molar-refractivity contribution in [1.82, 2.24) is 5.32 Å². The van der Waals surface area contributed by atoms with Gasteiger partial charge in [-0.3, -0.25) is 0 Å². The van der Waals surface area contributed by atoms with Crippen LogP contribution in [0, 0.1) is 6.92 Å². The average molecular weight is 233 g/mol. The normalized spacial score (nSPS) is 23.4. The van der Waals surface area contributed by atoms with Crippen molar-refractivity contribution in [2.24, 2.45) is 0 Å². The van der Waals surface area contributed by atoms with Crippen LogP contribution in [-0.2, 0) is 0 Å². The summed E-state index contributed by atoms with van der Waals surface area (Å²) >= 11 is 0. The topological polar surface area (TPSA) is 32.3 Å². The van der Waals surface area contributed by atoms with Crippen molar-refractivity contribution in [1.29, 1.82) is 0 Å². The third-order valence-electron chi connectivity index (χ3n) is 3.78. The van der Waals surface area contributed by atoms with Gasteiger partial charge in [0.25, 0.3) is 0 Å². The molecule has 1 aromatic rings. The molecule has 1 fully saturated rings. The molecule has 0 aliphatic heterocycles. The molecule has 94 valence electrons. The highest BCUT2D eigenvalue weighted by Crippen LogP contribution is 2.38. The maximum atomic E-state index is 8.70. The van der Waals surface area contributed by atoms with Gasteiger partial charge in [0, 0.05) is 12.6 Å². The Bertz CT molecular complexity index is 345. The standard InChI is InChI=1S/C15H23NO/c1-12-6-2-3-7-15(12)13-10-14(11-13)16-8-4-5-9-17/h2-3,6-7,13-14,16-17H,4-5,8-11H2,1H3. The Morgan fingerprint density at radius 2 is 2.00 bits per heavy atom. The summed E-state index contributed by atoms with van der Waals surface area (Å²) in [6.45, 7) is 3.57. The average Bonchev–Trinajstić information content (AvgIpc) is 2.28. The lowest BCUT2D eigenvalue weighted by Crippen LogP contribution is -2.40.